The van der Waals surface area contributed by atoms with Crippen molar-refractivity contribution in [3.05, 3.63) is 36.5 Å². The van der Waals surface area contributed by atoms with Gasteiger partial charge >= 0.3 is 5.97 Å². The Morgan fingerprint density at radius 1 is 1.04 bits per heavy atom. The smallest absolute Gasteiger partial charge is 0.305 e. The van der Waals surface area contributed by atoms with E-state index in [1.807, 2.05) is 18.2 Å². The fourth-order valence-corrected chi connectivity index (χ4v) is 3.22. The minimum absolute atomic E-state index is 0.159. The molecule has 3 nitrogen and oxygen atoms in total. The minimum Gasteiger partial charge on any atom is -0.469 e. The second-order valence-corrected chi connectivity index (χ2v) is 7.67. The second-order valence-electron chi connectivity index (χ2n) is 7.67. The Morgan fingerprint density at radius 2 is 1.74 bits per heavy atom. The summed E-state index contributed by atoms with van der Waals surface area (Å²) in [7, 11) is 1.42. The van der Waals surface area contributed by atoms with Crippen molar-refractivity contribution in [3.8, 4) is 0 Å². The van der Waals surface area contributed by atoms with Gasteiger partial charge in [0.1, 0.15) is 0 Å². The number of ether oxygens (including phenoxy) is 1. The summed E-state index contributed by atoms with van der Waals surface area (Å²) in [5, 5.41) is 10.1. The van der Waals surface area contributed by atoms with Gasteiger partial charge < -0.3 is 9.84 Å². The molecule has 0 radical (unpaired) electrons. The Morgan fingerprint density at radius 3 is 2.44 bits per heavy atom. The van der Waals surface area contributed by atoms with Gasteiger partial charge in [-0.05, 0) is 69.6 Å². The zero-order valence-corrected chi connectivity index (χ0v) is 17.4. The number of esters is 1. The molecule has 0 amide bonds. The van der Waals surface area contributed by atoms with Crippen LogP contribution in [0.1, 0.15) is 84.0 Å². The van der Waals surface area contributed by atoms with Gasteiger partial charge in [-0.1, -0.05) is 56.2 Å². The van der Waals surface area contributed by atoms with Gasteiger partial charge in [0.2, 0.25) is 0 Å². The lowest BCUT2D eigenvalue weighted by Crippen LogP contribution is -2.04. The van der Waals surface area contributed by atoms with Gasteiger partial charge in [-0.3, -0.25) is 4.79 Å². The van der Waals surface area contributed by atoms with Crippen molar-refractivity contribution >= 4 is 5.97 Å². The number of hydrogen-bond acceptors (Lipinski definition) is 3. The number of unbranched alkanes of at least 4 members (excludes halogenated alkanes) is 4. The molecule has 1 aliphatic rings. The Balaban J connectivity index is 2.19. The molecule has 1 N–H and O–H groups in total. The van der Waals surface area contributed by atoms with E-state index in [0.29, 0.717) is 18.8 Å². The first-order chi connectivity index (χ1) is 13.2. The van der Waals surface area contributed by atoms with E-state index < -0.39 is 6.10 Å². The molecule has 27 heavy (non-hydrogen) atoms. The number of carbonyl (C=O) groups is 1. The van der Waals surface area contributed by atoms with Crippen LogP contribution in [0.3, 0.4) is 0 Å². The van der Waals surface area contributed by atoms with Gasteiger partial charge in [0.15, 0.2) is 0 Å². The molecule has 1 rings (SSSR count). The Hall–Kier alpha value is -1.35. The molecule has 1 aliphatic carbocycles. The summed E-state index contributed by atoms with van der Waals surface area (Å²) in [6, 6.07) is 0. The lowest BCUT2D eigenvalue weighted by atomic mass is 9.96. The number of methoxy groups -OCH3 is 1. The molecule has 0 aromatic heterocycles. The highest BCUT2D eigenvalue weighted by molar-refractivity contribution is 5.69. The number of rotatable bonds is 16. The van der Waals surface area contributed by atoms with E-state index in [1.54, 1.807) is 0 Å². The van der Waals surface area contributed by atoms with Crippen LogP contribution < -0.4 is 0 Å². The van der Waals surface area contributed by atoms with Crippen molar-refractivity contribution < 1.29 is 14.6 Å². The fraction of sp³-hybridized carbons (Fsp3) is 0.708. The van der Waals surface area contributed by atoms with Crippen LogP contribution in [0.5, 0.6) is 0 Å². The lowest BCUT2D eigenvalue weighted by Gasteiger charge is -2.11. The van der Waals surface area contributed by atoms with E-state index in [1.165, 1.54) is 52.1 Å². The first kappa shape index (κ1) is 23.7. The average Bonchev–Trinajstić information content (AvgIpc) is 3.51. The molecule has 0 bridgehead atoms. The topological polar surface area (TPSA) is 46.5 Å². The summed E-state index contributed by atoms with van der Waals surface area (Å²) in [6.07, 6.45) is 25.4. The Bertz CT molecular complexity index is 460. The number of hydrogen-bond donors (Lipinski definition) is 1. The number of aliphatic hydroxyl groups excluding tert-OH is 1. The summed E-state index contributed by atoms with van der Waals surface area (Å²) in [5.74, 6) is 1.29. The second kappa shape index (κ2) is 15.7. The SMILES string of the molecule is CCCCCC=CCC[C@H](C=C[C@H](O)CC=CCCCC(=O)OC)C1CC1. The Labute approximate surface area is 166 Å². The lowest BCUT2D eigenvalue weighted by molar-refractivity contribution is -0.140. The number of allylic oxidation sites excluding steroid dienone is 4. The predicted molar refractivity (Wildman–Crippen MR) is 114 cm³/mol. The van der Waals surface area contributed by atoms with Crippen LogP contribution in [0.25, 0.3) is 0 Å². The predicted octanol–water partition coefficient (Wildman–Crippen LogP) is 6.14. The molecular formula is C24H40O3. The van der Waals surface area contributed by atoms with Crippen LogP contribution in [-0.4, -0.2) is 24.3 Å². The van der Waals surface area contributed by atoms with E-state index >= 15 is 0 Å². The summed E-state index contributed by atoms with van der Waals surface area (Å²) >= 11 is 0. The van der Waals surface area contributed by atoms with Crippen LogP contribution in [-0.2, 0) is 9.53 Å². The van der Waals surface area contributed by atoms with Crippen molar-refractivity contribution in [2.45, 2.75) is 90.1 Å². The number of carbonyl (C=O) groups excluding carboxylic acids is 1. The minimum atomic E-state index is -0.410. The maximum atomic E-state index is 11.0. The van der Waals surface area contributed by atoms with Gasteiger partial charge in [-0.15, -0.1) is 0 Å². The summed E-state index contributed by atoms with van der Waals surface area (Å²) in [5.41, 5.74) is 0. The highest BCUT2D eigenvalue weighted by Crippen LogP contribution is 2.40. The monoisotopic (exact) mass is 376 g/mol. The third-order valence-corrected chi connectivity index (χ3v) is 5.14. The molecule has 0 heterocycles. The molecule has 0 aliphatic heterocycles. The molecule has 0 aromatic rings. The van der Waals surface area contributed by atoms with Crippen molar-refractivity contribution in [3.63, 3.8) is 0 Å². The maximum absolute atomic E-state index is 11.0. The highest BCUT2D eigenvalue weighted by Gasteiger charge is 2.28. The van der Waals surface area contributed by atoms with Gasteiger partial charge in [0.05, 0.1) is 13.2 Å². The maximum Gasteiger partial charge on any atom is 0.305 e. The molecule has 2 atom stereocenters. The van der Waals surface area contributed by atoms with E-state index in [9.17, 15) is 9.90 Å². The third kappa shape index (κ3) is 13.5. The van der Waals surface area contributed by atoms with Crippen molar-refractivity contribution in [2.24, 2.45) is 11.8 Å². The van der Waals surface area contributed by atoms with Crippen LogP contribution in [0.15, 0.2) is 36.5 Å². The summed E-state index contributed by atoms with van der Waals surface area (Å²) in [6.45, 7) is 2.24. The average molecular weight is 377 g/mol. The normalized spacial score (nSPS) is 17.1. The van der Waals surface area contributed by atoms with Gasteiger partial charge in [0.25, 0.3) is 0 Å². The molecule has 1 saturated carbocycles. The fourth-order valence-electron chi connectivity index (χ4n) is 3.22. The quantitative estimate of drug-likeness (QED) is 0.200. The largest absolute Gasteiger partial charge is 0.469 e. The highest BCUT2D eigenvalue weighted by atomic mass is 16.5. The molecule has 1 fully saturated rings. The van der Waals surface area contributed by atoms with Gasteiger partial charge in [-0.25, -0.2) is 0 Å². The van der Waals surface area contributed by atoms with Crippen molar-refractivity contribution in [1.82, 2.24) is 0 Å². The first-order valence-electron chi connectivity index (χ1n) is 10.9. The summed E-state index contributed by atoms with van der Waals surface area (Å²) < 4.78 is 4.61. The summed E-state index contributed by atoms with van der Waals surface area (Å²) in [4.78, 5) is 11.0. The number of aliphatic hydroxyl groups is 1. The van der Waals surface area contributed by atoms with Crippen LogP contribution in [0, 0.1) is 11.8 Å². The molecule has 3 heteroatoms. The van der Waals surface area contributed by atoms with Crippen molar-refractivity contribution in [1.29, 1.82) is 0 Å². The molecule has 0 spiro atoms. The first-order valence-corrected chi connectivity index (χ1v) is 10.9. The third-order valence-electron chi connectivity index (χ3n) is 5.14. The van der Waals surface area contributed by atoms with Crippen LogP contribution >= 0.6 is 0 Å². The standard InChI is InChI=1S/C24H40O3/c1-3-4-5-6-7-8-11-14-21(22-17-18-22)19-20-23(25)15-12-9-10-13-16-24(26)27-2/h7-9,12,19-23,25H,3-6,10-11,13-18H2,1-2H3/t21-,23-/m1/s1. The Kier molecular flexibility index (Phi) is 13.8. The van der Waals surface area contributed by atoms with E-state index in [2.05, 4.69) is 29.9 Å². The van der Waals surface area contributed by atoms with Crippen molar-refractivity contribution in [2.75, 3.05) is 7.11 Å². The zero-order chi connectivity index (χ0) is 19.7. The van der Waals surface area contributed by atoms with Crippen LogP contribution in [0.2, 0.25) is 0 Å². The molecule has 0 saturated heterocycles. The molecular weight excluding hydrogens is 336 g/mol. The van der Waals surface area contributed by atoms with Gasteiger partial charge in [-0.2, -0.15) is 0 Å². The van der Waals surface area contributed by atoms with Crippen LogP contribution in [0.4, 0.5) is 0 Å². The molecule has 0 aromatic carbocycles. The molecule has 0 unspecified atom stereocenters. The molecule has 154 valence electrons. The zero-order valence-electron chi connectivity index (χ0n) is 17.4. The van der Waals surface area contributed by atoms with E-state index in [-0.39, 0.29) is 5.97 Å². The van der Waals surface area contributed by atoms with Gasteiger partial charge in [0, 0.05) is 6.42 Å². The van der Waals surface area contributed by atoms with E-state index in [0.717, 1.165) is 25.2 Å². The van der Waals surface area contributed by atoms with E-state index in [4.69, 9.17) is 0 Å².